The van der Waals surface area contributed by atoms with Crippen molar-refractivity contribution in [2.75, 3.05) is 18.6 Å². The molecule has 4 rings (SSSR count). The van der Waals surface area contributed by atoms with Gasteiger partial charge < -0.3 is 10.2 Å². The molecule has 0 unspecified atom stereocenters. The number of likely N-dealkylation sites (N-methyl/N-ethyl adjacent to an activating group) is 1. The number of thiophene rings is 1. The molecule has 0 aliphatic carbocycles. The summed E-state index contributed by atoms with van der Waals surface area (Å²) in [4.78, 5) is 30.1. The normalized spacial score (nSPS) is 18.6. The Morgan fingerprint density at radius 3 is 2.68 bits per heavy atom. The maximum absolute atomic E-state index is 13.4. The summed E-state index contributed by atoms with van der Waals surface area (Å²) in [5.74, 6) is -0.638. The molecular formula is C22H20N2O2S2. The number of nitrogens with zero attached hydrogens (tertiary/aromatic N) is 1. The minimum atomic E-state index is -0.476. The highest BCUT2D eigenvalue weighted by molar-refractivity contribution is 7.98. The molecule has 3 aromatic rings. The van der Waals surface area contributed by atoms with Crippen molar-refractivity contribution >= 4 is 40.6 Å². The summed E-state index contributed by atoms with van der Waals surface area (Å²) in [5.41, 5.74) is 2.14. The van der Waals surface area contributed by atoms with Gasteiger partial charge in [-0.15, -0.1) is 23.1 Å². The number of nitrogens with one attached hydrogen (secondary N) is 1. The summed E-state index contributed by atoms with van der Waals surface area (Å²) in [7, 11) is 1.78. The van der Waals surface area contributed by atoms with Crippen molar-refractivity contribution in [2.45, 2.75) is 16.9 Å². The summed E-state index contributed by atoms with van der Waals surface area (Å²) in [6, 6.07) is 18.8. The maximum Gasteiger partial charge on any atom is 0.254 e. The van der Waals surface area contributed by atoms with Gasteiger partial charge in [-0.1, -0.05) is 30.3 Å². The van der Waals surface area contributed by atoms with Crippen molar-refractivity contribution in [2.24, 2.45) is 0 Å². The summed E-state index contributed by atoms with van der Waals surface area (Å²) < 4.78 is 0. The van der Waals surface area contributed by atoms with Crippen LogP contribution in [0.4, 0.5) is 5.69 Å². The Kier molecular flexibility index (Phi) is 5.24. The lowest BCUT2D eigenvalue weighted by Gasteiger charge is -2.39. The van der Waals surface area contributed by atoms with Gasteiger partial charge in [-0.2, -0.15) is 0 Å². The van der Waals surface area contributed by atoms with Crippen molar-refractivity contribution in [1.82, 2.24) is 4.90 Å². The van der Waals surface area contributed by atoms with Crippen LogP contribution >= 0.6 is 23.1 Å². The van der Waals surface area contributed by atoms with E-state index >= 15 is 0 Å². The lowest BCUT2D eigenvalue weighted by molar-refractivity contribution is -0.119. The van der Waals surface area contributed by atoms with Gasteiger partial charge in [-0.25, -0.2) is 0 Å². The van der Waals surface area contributed by atoms with E-state index < -0.39 is 5.92 Å². The topological polar surface area (TPSA) is 49.4 Å². The van der Waals surface area contributed by atoms with Crippen LogP contribution in [0, 0.1) is 0 Å². The molecule has 1 aliphatic heterocycles. The number of rotatable bonds is 4. The van der Waals surface area contributed by atoms with E-state index in [1.807, 2.05) is 66.2 Å². The van der Waals surface area contributed by atoms with E-state index in [2.05, 4.69) is 5.32 Å². The fourth-order valence-electron chi connectivity index (χ4n) is 3.69. The third kappa shape index (κ3) is 3.34. The zero-order valence-electron chi connectivity index (χ0n) is 15.6. The Morgan fingerprint density at radius 1 is 1.11 bits per heavy atom. The quantitative estimate of drug-likeness (QED) is 0.617. The minimum absolute atomic E-state index is 0.0533. The second-order valence-corrected chi connectivity index (χ2v) is 8.52. The van der Waals surface area contributed by atoms with Crippen LogP contribution in [0.3, 0.4) is 0 Å². The first-order chi connectivity index (χ1) is 13.6. The van der Waals surface area contributed by atoms with Gasteiger partial charge in [0.05, 0.1) is 12.0 Å². The molecule has 0 spiro atoms. The molecule has 28 heavy (non-hydrogen) atoms. The van der Waals surface area contributed by atoms with Crippen molar-refractivity contribution in [3.05, 3.63) is 82.0 Å². The Hall–Kier alpha value is -2.57. The summed E-state index contributed by atoms with van der Waals surface area (Å²) in [6.07, 6.45) is 2.01. The number of anilines is 1. The van der Waals surface area contributed by atoms with Gasteiger partial charge in [0.15, 0.2) is 0 Å². The second kappa shape index (κ2) is 7.81. The molecule has 1 aromatic heterocycles. The zero-order valence-corrected chi connectivity index (χ0v) is 17.2. The number of thioether (sulfide) groups is 1. The Morgan fingerprint density at radius 2 is 1.93 bits per heavy atom. The molecule has 0 saturated heterocycles. The molecule has 142 valence electrons. The monoisotopic (exact) mass is 408 g/mol. The zero-order chi connectivity index (χ0) is 19.7. The minimum Gasteiger partial charge on any atom is -0.333 e. The third-order valence-corrected chi connectivity index (χ3v) is 6.70. The fourth-order valence-corrected chi connectivity index (χ4v) is 5.06. The number of hydrogen-bond donors (Lipinski definition) is 1. The molecule has 0 fully saturated rings. The molecule has 1 aliphatic rings. The fraction of sp³-hybridized carbons (Fsp3) is 0.182. The lowest BCUT2D eigenvalue weighted by atomic mass is 9.81. The van der Waals surface area contributed by atoms with Crippen LogP contribution in [0.1, 0.15) is 32.8 Å². The number of amides is 2. The molecule has 6 heteroatoms. The van der Waals surface area contributed by atoms with E-state index in [1.54, 1.807) is 41.1 Å². The molecule has 4 nitrogen and oxygen atoms in total. The third-order valence-electron chi connectivity index (χ3n) is 5.03. The lowest BCUT2D eigenvalue weighted by Crippen LogP contribution is -2.43. The summed E-state index contributed by atoms with van der Waals surface area (Å²) in [5, 5.41) is 5.05. The van der Waals surface area contributed by atoms with Gasteiger partial charge in [0, 0.05) is 28.1 Å². The van der Waals surface area contributed by atoms with Crippen LogP contribution in [-0.4, -0.2) is 30.0 Å². The predicted octanol–water partition coefficient (Wildman–Crippen LogP) is 5.02. The molecule has 0 bridgehead atoms. The van der Waals surface area contributed by atoms with E-state index in [9.17, 15) is 9.59 Å². The first-order valence-corrected chi connectivity index (χ1v) is 11.0. The average Bonchev–Trinajstić information content (AvgIpc) is 3.25. The number of hydrogen-bond acceptors (Lipinski definition) is 4. The molecule has 2 amide bonds. The van der Waals surface area contributed by atoms with Crippen LogP contribution in [0.15, 0.2) is 70.9 Å². The van der Waals surface area contributed by atoms with Gasteiger partial charge in [0.25, 0.3) is 5.91 Å². The molecule has 0 radical (unpaired) electrons. The van der Waals surface area contributed by atoms with Gasteiger partial charge in [0.2, 0.25) is 5.91 Å². The van der Waals surface area contributed by atoms with Crippen LogP contribution < -0.4 is 5.32 Å². The molecule has 0 saturated carbocycles. The first-order valence-electron chi connectivity index (χ1n) is 8.94. The Bertz CT molecular complexity index is 1020. The maximum atomic E-state index is 13.4. The van der Waals surface area contributed by atoms with Crippen molar-refractivity contribution in [1.29, 1.82) is 0 Å². The average molecular weight is 409 g/mol. The van der Waals surface area contributed by atoms with Gasteiger partial charge in [-0.05, 0) is 47.5 Å². The largest absolute Gasteiger partial charge is 0.333 e. The smallest absolute Gasteiger partial charge is 0.254 e. The predicted molar refractivity (Wildman–Crippen MR) is 115 cm³/mol. The second-order valence-electron chi connectivity index (χ2n) is 6.66. The van der Waals surface area contributed by atoms with Crippen LogP contribution in [-0.2, 0) is 4.79 Å². The SMILES string of the molecule is CSc1cccc(NC(=O)[C@@H]2c3ccccc3C(=O)N(C)[C@H]2c2cccs2)c1. The van der Waals surface area contributed by atoms with Gasteiger partial charge >= 0.3 is 0 Å². The highest BCUT2D eigenvalue weighted by Crippen LogP contribution is 2.43. The number of carbonyl (C=O) groups excluding carboxylic acids is 2. The molecule has 2 heterocycles. The number of benzene rings is 2. The Labute approximate surface area is 172 Å². The van der Waals surface area contributed by atoms with Crippen LogP contribution in [0.5, 0.6) is 0 Å². The summed E-state index contributed by atoms with van der Waals surface area (Å²) >= 11 is 3.20. The van der Waals surface area contributed by atoms with Crippen LogP contribution in [0.25, 0.3) is 0 Å². The van der Waals surface area contributed by atoms with Crippen LogP contribution in [0.2, 0.25) is 0 Å². The van der Waals surface area contributed by atoms with E-state index in [1.165, 1.54) is 0 Å². The standard InChI is InChI=1S/C22H20N2O2S2/c1-24-20(18-11-6-12-28-18)19(16-9-3-4-10-17(16)22(24)26)21(25)23-14-7-5-8-15(13-14)27-2/h3-13,19-20H,1-2H3,(H,23,25)/t19-,20+/m1/s1. The molecule has 2 aromatic carbocycles. The van der Waals surface area contributed by atoms with Gasteiger partial charge in [0.1, 0.15) is 0 Å². The van der Waals surface area contributed by atoms with E-state index in [-0.39, 0.29) is 17.9 Å². The molecule has 2 atom stereocenters. The van der Waals surface area contributed by atoms with E-state index in [4.69, 9.17) is 0 Å². The molecular weight excluding hydrogens is 388 g/mol. The first kappa shape index (κ1) is 18.8. The molecule has 1 N–H and O–H groups in total. The number of fused-ring (bicyclic) bond motifs is 1. The Balaban J connectivity index is 1.77. The number of carbonyl (C=O) groups is 2. The van der Waals surface area contributed by atoms with E-state index in [0.717, 1.165) is 21.0 Å². The highest BCUT2D eigenvalue weighted by atomic mass is 32.2. The van der Waals surface area contributed by atoms with Crippen molar-refractivity contribution < 1.29 is 9.59 Å². The van der Waals surface area contributed by atoms with Crippen molar-refractivity contribution in [3.8, 4) is 0 Å². The van der Waals surface area contributed by atoms with Gasteiger partial charge in [-0.3, -0.25) is 9.59 Å². The van der Waals surface area contributed by atoms with E-state index in [0.29, 0.717) is 5.56 Å². The van der Waals surface area contributed by atoms with Crippen molar-refractivity contribution in [3.63, 3.8) is 0 Å². The highest BCUT2D eigenvalue weighted by Gasteiger charge is 2.43. The summed E-state index contributed by atoms with van der Waals surface area (Å²) in [6.45, 7) is 0.